The molecule has 0 rings (SSSR count). The predicted octanol–water partition coefficient (Wildman–Crippen LogP) is 29.3. The summed E-state index contributed by atoms with van der Waals surface area (Å²) in [6.07, 6.45) is 105. The summed E-state index contributed by atoms with van der Waals surface area (Å²) < 4.78 is 34.9. The van der Waals surface area contributed by atoms with Crippen LogP contribution in [0.1, 0.15) is 463 Å². The lowest BCUT2D eigenvalue weighted by Gasteiger charge is -2.24. The Morgan fingerprint density at radius 2 is 0.551 bits per heavy atom. The first kappa shape index (κ1) is 96.2. The lowest BCUT2D eigenvalue weighted by molar-refractivity contribution is -0.870. The maximum Gasteiger partial charge on any atom is 0.472 e. The number of hydrogen-bond donors (Lipinski definition) is 1. The molecule has 2 atom stereocenters. The predicted molar refractivity (Wildman–Crippen MR) is 427 cm³/mol. The van der Waals surface area contributed by atoms with Gasteiger partial charge in [0.2, 0.25) is 0 Å². The number of ether oxygens (including phenoxy) is 2. The zero-order valence-electron chi connectivity index (χ0n) is 66.6. The summed E-state index contributed by atoms with van der Waals surface area (Å²) in [5, 5.41) is 0. The van der Waals surface area contributed by atoms with E-state index in [1.54, 1.807) is 0 Å². The van der Waals surface area contributed by atoms with Crippen molar-refractivity contribution in [2.24, 2.45) is 0 Å². The summed E-state index contributed by atoms with van der Waals surface area (Å²) in [6, 6.07) is 0. The molecule has 0 fully saturated rings. The fraction of sp³-hybridized carbons (Fsp3) is 0.909. The normalized spacial score (nSPS) is 13.1. The number of carbonyl (C=O) groups excluding carboxylic acids is 2. The van der Waals surface area contributed by atoms with Crippen molar-refractivity contribution in [3.63, 3.8) is 0 Å². The van der Waals surface area contributed by atoms with E-state index in [0.717, 1.165) is 44.9 Å². The Morgan fingerprint density at radius 3 is 0.816 bits per heavy atom. The maximum atomic E-state index is 12.9. The van der Waals surface area contributed by atoms with Crippen LogP contribution in [0.2, 0.25) is 0 Å². The highest BCUT2D eigenvalue weighted by Gasteiger charge is 2.27. The molecular weight excluding hydrogens is 1230 g/mol. The van der Waals surface area contributed by atoms with E-state index in [1.165, 1.54) is 385 Å². The minimum atomic E-state index is -4.39. The fourth-order valence-electron chi connectivity index (χ4n) is 13.5. The van der Waals surface area contributed by atoms with Crippen molar-refractivity contribution < 1.29 is 42.1 Å². The average molecular weight is 1400 g/mol. The molecule has 0 aliphatic heterocycles. The zero-order valence-corrected chi connectivity index (χ0v) is 67.5. The lowest BCUT2D eigenvalue weighted by atomic mass is 10.0. The zero-order chi connectivity index (χ0) is 71.1. The Hall–Kier alpha value is -1.77. The number of rotatable bonds is 83. The molecule has 0 aromatic carbocycles. The highest BCUT2D eigenvalue weighted by atomic mass is 31.2. The quantitative estimate of drug-likeness (QED) is 0.0211. The van der Waals surface area contributed by atoms with Crippen LogP contribution in [-0.2, 0) is 32.7 Å². The second-order valence-corrected chi connectivity index (χ2v) is 32.7. The van der Waals surface area contributed by atoms with Crippen molar-refractivity contribution in [2.45, 2.75) is 469 Å². The Labute approximate surface area is 612 Å². The van der Waals surface area contributed by atoms with Crippen LogP contribution in [0.3, 0.4) is 0 Å². The van der Waals surface area contributed by atoms with E-state index in [0.29, 0.717) is 23.9 Å². The Bertz CT molecular complexity index is 1740. The van der Waals surface area contributed by atoms with Crippen LogP contribution in [0.15, 0.2) is 36.5 Å². The summed E-state index contributed by atoms with van der Waals surface area (Å²) in [5.41, 5.74) is 0. The van der Waals surface area contributed by atoms with Crippen LogP contribution in [0.4, 0.5) is 0 Å². The molecule has 98 heavy (non-hydrogen) atoms. The van der Waals surface area contributed by atoms with Gasteiger partial charge in [0.1, 0.15) is 19.8 Å². The van der Waals surface area contributed by atoms with Crippen LogP contribution in [0.25, 0.3) is 0 Å². The van der Waals surface area contributed by atoms with E-state index < -0.39 is 26.5 Å². The van der Waals surface area contributed by atoms with Crippen molar-refractivity contribution in [3.8, 4) is 0 Å². The van der Waals surface area contributed by atoms with Crippen molar-refractivity contribution in [2.75, 3.05) is 47.5 Å². The first-order valence-corrected chi connectivity index (χ1v) is 45.2. The largest absolute Gasteiger partial charge is 0.472 e. The van der Waals surface area contributed by atoms with Gasteiger partial charge in [0.15, 0.2) is 6.10 Å². The van der Waals surface area contributed by atoms with E-state index in [9.17, 15) is 19.0 Å². The summed E-state index contributed by atoms with van der Waals surface area (Å²) in [4.78, 5) is 36.0. The van der Waals surface area contributed by atoms with E-state index >= 15 is 0 Å². The molecule has 0 bridgehead atoms. The first-order valence-electron chi connectivity index (χ1n) is 43.7. The minimum absolute atomic E-state index is 0.0357. The van der Waals surface area contributed by atoms with Crippen LogP contribution in [0.5, 0.6) is 0 Å². The lowest BCUT2D eigenvalue weighted by Crippen LogP contribution is -2.37. The molecule has 2 unspecified atom stereocenters. The maximum absolute atomic E-state index is 12.9. The van der Waals surface area contributed by atoms with Crippen molar-refractivity contribution in [1.82, 2.24) is 0 Å². The molecule has 0 aromatic rings. The molecule has 580 valence electrons. The number of esters is 2. The van der Waals surface area contributed by atoms with Gasteiger partial charge in [0.25, 0.3) is 0 Å². The summed E-state index contributed by atoms with van der Waals surface area (Å²) >= 11 is 0. The van der Waals surface area contributed by atoms with Gasteiger partial charge in [-0.2, -0.15) is 0 Å². The molecule has 0 saturated carbocycles. The number of likely N-dealkylation sites (N-methyl/N-ethyl adjacent to an activating group) is 1. The molecule has 0 aliphatic carbocycles. The molecule has 0 aliphatic rings. The second-order valence-electron chi connectivity index (χ2n) is 31.3. The van der Waals surface area contributed by atoms with Gasteiger partial charge in [-0.1, -0.05) is 436 Å². The Balaban J connectivity index is 3.86. The van der Waals surface area contributed by atoms with Crippen LogP contribution >= 0.6 is 7.82 Å². The third kappa shape index (κ3) is 83.2. The molecule has 1 N–H and O–H groups in total. The van der Waals surface area contributed by atoms with Gasteiger partial charge in [0, 0.05) is 12.8 Å². The summed E-state index contributed by atoms with van der Waals surface area (Å²) in [7, 11) is 1.51. The molecule has 0 heterocycles. The van der Waals surface area contributed by atoms with Crippen LogP contribution < -0.4 is 0 Å². The number of nitrogens with zero attached hydrogens (tertiary/aromatic N) is 1. The summed E-state index contributed by atoms with van der Waals surface area (Å²) in [5.74, 6) is -0.768. The Kier molecular flexibility index (Phi) is 77.9. The van der Waals surface area contributed by atoms with E-state index in [4.69, 9.17) is 18.5 Å². The molecule has 0 saturated heterocycles. The van der Waals surface area contributed by atoms with Gasteiger partial charge in [-0.25, -0.2) is 4.57 Å². The number of unbranched alkanes of at least 4 members (excludes halogenated alkanes) is 63. The number of carbonyl (C=O) groups is 2. The fourth-order valence-corrected chi connectivity index (χ4v) is 14.2. The Morgan fingerprint density at radius 1 is 0.316 bits per heavy atom. The number of allylic oxidation sites excluding steroid dienone is 6. The van der Waals surface area contributed by atoms with Gasteiger partial charge < -0.3 is 18.9 Å². The van der Waals surface area contributed by atoms with E-state index in [2.05, 4.69) is 50.3 Å². The van der Waals surface area contributed by atoms with Gasteiger partial charge in [-0.15, -0.1) is 0 Å². The summed E-state index contributed by atoms with van der Waals surface area (Å²) in [6.45, 7) is 4.52. The highest BCUT2D eigenvalue weighted by Crippen LogP contribution is 2.43. The monoisotopic (exact) mass is 1400 g/mol. The molecule has 10 heteroatoms. The third-order valence-electron chi connectivity index (χ3n) is 20.2. The molecule has 0 amide bonds. The first-order chi connectivity index (χ1) is 48.0. The molecule has 0 spiro atoms. The van der Waals surface area contributed by atoms with Gasteiger partial charge in [0.05, 0.1) is 27.7 Å². The van der Waals surface area contributed by atoms with E-state index in [1.807, 2.05) is 21.1 Å². The highest BCUT2D eigenvalue weighted by molar-refractivity contribution is 7.47. The van der Waals surface area contributed by atoms with Crippen molar-refractivity contribution in [3.05, 3.63) is 36.5 Å². The van der Waals surface area contributed by atoms with Gasteiger partial charge in [-0.3, -0.25) is 18.6 Å². The molecule has 0 radical (unpaired) electrons. The van der Waals surface area contributed by atoms with Crippen LogP contribution in [0, 0.1) is 0 Å². The number of phosphoric acid groups is 1. The number of quaternary nitrogens is 1. The topological polar surface area (TPSA) is 108 Å². The standard InChI is InChI=1S/C88H170NO8P/c1-6-8-10-12-14-16-18-20-22-24-26-28-30-32-34-36-38-40-42-44-46-48-50-52-54-56-58-60-62-64-66-68-70-72-74-76-78-80-87(90)94-84-86(85-96-98(92,93)95-83-82-89(3,4)5)97-88(91)81-79-77-75-73-71-69-67-65-63-61-59-57-55-53-51-49-47-45-43-41-39-37-35-33-31-29-27-25-23-21-19-17-15-13-11-9-7-2/h19,21,25,27,31,33,86H,6-18,20,22-24,26,28-30,32,34-85H2,1-5H3/p+1/b21-19-,27-25-,33-31-. The number of phosphoric ester groups is 1. The second kappa shape index (κ2) is 79.3. The van der Waals surface area contributed by atoms with Gasteiger partial charge in [-0.05, 0) is 51.4 Å². The van der Waals surface area contributed by atoms with Crippen molar-refractivity contribution in [1.29, 1.82) is 0 Å². The van der Waals surface area contributed by atoms with E-state index in [-0.39, 0.29) is 25.6 Å². The van der Waals surface area contributed by atoms with Crippen molar-refractivity contribution >= 4 is 19.8 Å². The smallest absolute Gasteiger partial charge is 0.462 e. The SMILES string of the molecule is CCCCCCC/C=C\C/C=C\C/C=C\CCCCCCCCCCCCCCCCCCCCCCCCC(=O)OC(COC(=O)CCCCCCCCCCCCCCCCCCCCCCCCCCCCCCCCCCCCCCC)COP(=O)(O)OCC[N+](C)(C)C. The molecular formula is C88H171NO8P+. The average Bonchev–Trinajstić information content (AvgIpc) is 1.08. The minimum Gasteiger partial charge on any atom is -0.462 e. The van der Waals surface area contributed by atoms with Crippen LogP contribution in [-0.4, -0.2) is 74.9 Å². The third-order valence-corrected chi connectivity index (χ3v) is 21.2. The molecule has 9 nitrogen and oxygen atoms in total. The van der Waals surface area contributed by atoms with Gasteiger partial charge >= 0.3 is 19.8 Å². The molecule has 0 aromatic heterocycles. The number of hydrogen-bond acceptors (Lipinski definition) is 7.